The summed E-state index contributed by atoms with van der Waals surface area (Å²) in [7, 11) is 1.69. The Morgan fingerprint density at radius 2 is 1.96 bits per heavy atom. The lowest BCUT2D eigenvalue weighted by molar-refractivity contribution is 0.240. The summed E-state index contributed by atoms with van der Waals surface area (Å²) >= 11 is 1.59. The summed E-state index contributed by atoms with van der Waals surface area (Å²) in [6, 6.07) is 13.2. The van der Waals surface area contributed by atoms with Gasteiger partial charge in [0.1, 0.15) is 0 Å². The second kappa shape index (κ2) is 7.80. The molecule has 2 N–H and O–H groups in total. The van der Waals surface area contributed by atoms with Crippen LogP contribution in [0.15, 0.2) is 52.6 Å². The van der Waals surface area contributed by atoms with Crippen LogP contribution in [0.3, 0.4) is 0 Å². The molecule has 1 aromatic carbocycles. The second-order valence-electron chi connectivity index (χ2n) is 5.44. The van der Waals surface area contributed by atoms with Crippen molar-refractivity contribution in [1.29, 1.82) is 0 Å². The van der Waals surface area contributed by atoms with Crippen molar-refractivity contribution in [2.75, 3.05) is 6.54 Å². The van der Waals surface area contributed by atoms with Crippen molar-refractivity contribution in [2.45, 2.75) is 13.1 Å². The Labute approximate surface area is 148 Å². The van der Waals surface area contributed by atoms with Crippen molar-refractivity contribution >= 4 is 17.4 Å². The van der Waals surface area contributed by atoms with Crippen LogP contribution in [0.4, 0.5) is 4.79 Å². The minimum absolute atomic E-state index is 0.209. The van der Waals surface area contributed by atoms with Crippen LogP contribution in [0.25, 0.3) is 11.4 Å². The average Bonchev–Trinajstić information content (AvgIpc) is 3.24. The molecular formula is C17H19N5O2S. The molecule has 0 aliphatic heterocycles. The van der Waals surface area contributed by atoms with Gasteiger partial charge in [0, 0.05) is 24.0 Å². The van der Waals surface area contributed by atoms with Gasteiger partial charge in [-0.25, -0.2) is 14.3 Å². The van der Waals surface area contributed by atoms with Gasteiger partial charge in [-0.3, -0.25) is 4.57 Å². The summed E-state index contributed by atoms with van der Waals surface area (Å²) in [5.74, 6) is 0.604. The molecule has 25 heavy (non-hydrogen) atoms. The summed E-state index contributed by atoms with van der Waals surface area (Å²) in [6.07, 6.45) is 0. The third-order valence-corrected chi connectivity index (χ3v) is 4.56. The third kappa shape index (κ3) is 4.16. The molecule has 0 unspecified atom stereocenters. The number of thiophene rings is 1. The Hall–Kier alpha value is -2.87. The Morgan fingerprint density at radius 1 is 1.16 bits per heavy atom. The molecule has 0 fully saturated rings. The van der Waals surface area contributed by atoms with Gasteiger partial charge in [0.25, 0.3) is 0 Å². The van der Waals surface area contributed by atoms with Gasteiger partial charge in [0.05, 0.1) is 13.1 Å². The van der Waals surface area contributed by atoms with Crippen molar-refractivity contribution in [3.05, 3.63) is 63.2 Å². The van der Waals surface area contributed by atoms with Crippen LogP contribution in [0.1, 0.15) is 4.88 Å². The highest BCUT2D eigenvalue weighted by molar-refractivity contribution is 7.09. The van der Waals surface area contributed by atoms with Crippen molar-refractivity contribution < 1.29 is 4.79 Å². The fraction of sp³-hybridized carbons (Fsp3) is 0.235. The number of carbonyl (C=O) groups excluding carboxylic acids is 1. The van der Waals surface area contributed by atoms with E-state index in [1.165, 1.54) is 9.25 Å². The van der Waals surface area contributed by atoms with E-state index >= 15 is 0 Å². The molecule has 0 atom stereocenters. The molecule has 7 nitrogen and oxygen atoms in total. The summed E-state index contributed by atoms with van der Waals surface area (Å²) < 4.78 is 2.87. The Morgan fingerprint density at radius 3 is 2.68 bits per heavy atom. The first-order chi connectivity index (χ1) is 12.1. The molecule has 0 saturated heterocycles. The van der Waals surface area contributed by atoms with E-state index in [1.54, 1.807) is 18.4 Å². The zero-order valence-corrected chi connectivity index (χ0v) is 14.6. The maximum absolute atomic E-state index is 12.3. The standard InChI is InChI=1S/C17H19N5O2S/c1-21-15(13-6-3-2-4-7-13)20-22(17(21)24)10-9-18-16(23)19-12-14-8-5-11-25-14/h2-8,11H,9-10,12H2,1H3,(H2,18,19,23). The summed E-state index contributed by atoms with van der Waals surface area (Å²) in [5.41, 5.74) is 0.669. The summed E-state index contributed by atoms with van der Waals surface area (Å²) in [4.78, 5) is 25.1. The van der Waals surface area contributed by atoms with E-state index in [0.29, 0.717) is 25.5 Å². The van der Waals surface area contributed by atoms with Crippen LogP contribution in [-0.2, 0) is 20.1 Å². The highest BCUT2D eigenvalue weighted by atomic mass is 32.1. The van der Waals surface area contributed by atoms with Gasteiger partial charge in [-0.05, 0) is 11.4 Å². The largest absolute Gasteiger partial charge is 0.345 e. The SMILES string of the molecule is Cn1c(-c2ccccc2)nn(CCNC(=O)NCc2cccs2)c1=O. The molecule has 130 valence electrons. The number of amides is 2. The number of aromatic nitrogens is 3. The van der Waals surface area contributed by atoms with Crippen LogP contribution in [0.2, 0.25) is 0 Å². The zero-order valence-electron chi connectivity index (χ0n) is 13.8. The Kier molecular flexibility index (Phi) is 5.30. The number of hydrogen-bond donors (Lipinski definition) is 2. The first-order valence-electron chi connectivity index (χ1n) is 7.88. The summed E-state index contributed by atoms with van der Waals surface area (Å²) in [5, 5.41) is 11.8. The van der Waals surface area contributed by atoms with Gasteiger partial charge in [-0.15, -0.1) is 16.4 Å². The highest BCUT2D eigenvalue weighted by Crippen LogP contribution is 2.13. The first-order valence-corrected chi connectivity index (χ1v) is 8.76. The highest BCUT2D eigenvalue weighted by Gasteiger charge is 2.11. The second-order valence-corrected chi connectivity index (χ2v) is 6.48. The molecule has 3 aromatic rings. The van der Waals surface area contributed by atoms with E-state index in [1.807, 2.05) is 47.8 Å². The summed E-state index contributed by atoms with van der Waals surface area (Å²) in [6.45, 7) is 1.12. The topological polar surface area (TPSA) is 81.0 Å². The molecule has 2 heterocycles. The third-order valence-electron chi connectivity index (χ3n) is 3.69. The van der Waals surface area contributed by atoms with Gasteiger partial charge < -0.3 is 10.6 Å². The monoisotopic (exact) mass is 357 g/mol. The normalized spacial score (nSPS) is 10.6. The average molecular weight is 357 g/mol. The fourth-order valence-electron chi connectivity index (χ4n) is 2.39. The van der Waals surface area contributed by atoms with Crippen LogP contribution in [-0.4, -0.2) is 26.9 Å². The number of urea groups is 1. The van der Waals surface area contributed by atoms with Crippen LogP contribution >= 0.6 is 11.3 Å². The number of rotatable bonds is 6. The number of nitrogens with zero attached hydrogens (tertiary/aromatic N) is 3. The Bertz CT molecular complexity index is 884. The van der Waals surface area contributed by atoms with Gasteiger partial charge in [-0.1, -0.05) is 36.4 Å². The maximum atomic E-state index is 12.3. The van der Waals surface area contributed by atoms with E-state index in [4.69, 9.17) is 0 Å². The van der Waals surface area contributed by atoms with Gasteiger partial charge >= 0.3 is 11.7 Å². The minimum atomic E-state index is -0.263. The predicted molar refractivity (Wildman–Crippen MR) is 97.5 cm³/mol. The number of carbonyl (C=O) groups is 1. The first kappa shape index (κ1) is 17.0. The van der Waals surface area contributed by atoms with Crippen molar-refractivity contribution in [3.8, 4) is 11.4 Å². The van der Waals surface area contributed by atoms with E-state index in [0.717, 1.165) is 10.4 Å². The van der Waals surface area contributed by atoms with Crippen molar-refractivity contribution in [3.63, 3.8) is 0 Å². The van der Waals surface area contributed by atoms with Crippen LogP contribution in [0, 0.1) is 0 Å². The maximum Gasteiger partial charge on any atom is 0.345 e. The van der Waals surface area contributed by atoms with Gasteiger partial charge in [-0.2, -0.15) is 0 Å². The minimum Gasteiger partial charge on any atom is -0.336 e. The molecule has 0 aliphatic rings. The fourth-order valence-corrected chi connectivity index (χ4v) is 3.04. The lowest BCUT2D eigenvalue weighted by atomic mass is 10.2. The molecule has 0 aliphatic carbocycles. The zero-order chi connectivity index (χ0) is 17.6. The number of nitrogens with one attached hydrogen (secondary N) is 2. The van der Waals surface area contributed by atoms with Crippen LogP contribution < -0.4 is 16.3 Å². The quantitative estimate of drug-likeness (QED) is 0.706. The van der Waals surface area contributed by atoms with Gasteiger partial charge in [0.15, 0.2) is 5.82 Å². The predicted octanol–water partition coefficient (Wildman–Crippen LogP) is 1.81. The molecule has 0 saturated carbocycles. The molecule has 2 amide bonds. The lowest BCUT2D eigenvalue weighted by Gasteiger charge is -2.06. The number of benzene rings is 1. The van der Waals surface area contributed by atoms with E-state index in [9.17, 15) is 9.59 Å². The molecule has 0 spiro atoms. The molecule has 2 aromatic heterocycles. The number of hydrogen-bond acceptors (Lipinski definition) is 4. The molecule has 8 heteroatoms. The molecule has 0 bridgehead atoms. The van der Waals surface area contributed by atoms with Gasteiger partial charge in [0.2, 0.25) is 0 Å². The van der Waals surface area contributed by atoms with E-state index in [2.05, 4.69) is 15.7 Å². The van der Waals surface area contributed by atoms with Crippen LogP contribution in [0.5, 0.6) is 0 Å². The molecule has 0 radical (unpaired) electrons. The lowest BCUT2D eigenvalue weighted by Crippen LogP contribution is -2.38. The Balaban J connectivity index is 1.55. The molecular weight excluding hydrogens is 338 g/mol. The smallest absolute Gasteiger partial charge is 0.336 e. The van der Waals surface area contributed by atoms with E-state index in [-0.39, 0.29) is 11.7 Å². The van der Waals surface area contributed by atoms with Crippen molar-refractivity contribution in [1.82, 2.24) is 25.0 Å². The van der Waals surface area contributed by atoms with E-state index < -0.39 is 0 Å². The van der Waals surface area contributed by atoms with Crippen molar-refractivity contribution in [2.24, 2.45) is 7.05 Å². The molecule has 3 rings (SSSR count).